The molecule has 17 heavy (non-hydrogen) atoms. The summed E-state index contributed by atoms with van der Waals surface area (Å²) in [5.74, 6) is 0.324. The van der Waals surface area contributed by atoms with Gasteiger partial charge >= 0.3 is 0 Å². The van der Waals surface area contributed by atoms with E-state index in [1.807, 2.05) is 6.07 Å². The Morgan fingerprint density at radius 2 is 2.18 bits per heavy atom. The number of hydrogen-bond acceptors (Lipinski definition) is 4. The molecule has 1 N–H and O–H groups in total. The molecule has 0 radical (unpaired) electrons. The molecule has 1 aliphatic rings. The molecule has 1 aliphatic heterocycles. The number of amides is 2. The molecule has 6 heteroatoms. The molecule has 1 fully saturated rings. The molecule has 4 nitrogen and oxygen atoms in total. The maximum Gasteiger partial charge on any atom is 0.290 e. The third-order valence-electron chi connectivity index (χ3n) is 2.13. The van der Waals surface area contributed by atoms with E-state index in [2.05, 4.69) is 21.2 Å². The van der Waals surface area contributed by atoms with Gasteiger partial charge in [0, 0.05) is 4.47 Å². The number of carbonyl (C=O) groups is 2. The predicted molar refractivity (Wildman–Crippen MR) is 69.8 cm³/mol. The summed E-state index contributed by atoms with van der Waals surface area (Å²) in [5, 5.41) is 1.86. The summed E-state index contributed by atoms with van der Waals surface area (Å²) in [6.07, 6.45) is 1.65. The van der Waals surface area contributed by atoms with Gasteiger partial charge in [0.25, 0.3) is 11.1 Å². The first-order valence-electron chi connectivity index (χ1n) is 4.68. The highest BCUT2D eigenvalue weighted by molar-refractivity contribution is 9.10. The summed E-state index contributed by atoms with van der Waals surface area (Å²) in [6, 6.07) is 5.41. The monoisotopic (exact) mass is 313 g/mol. The minimum Gasteiger partial charge on any atom is -0.497 e. The lowest BCUT2D eigenvalue weighted by Crippen LogP contribution is -2.17. The van der Waals surface area contributed by atoms with Gasteiger partial charge in [-0.25, -0.2) is 0 Å². The van der Waals surface area contributed by atoms with Crippen molar-refractivity contribution >= 4 is 44.9 Å². The summed E-state index contributed by atoms with van der Waals surface area (Å²) in [6.45, 7) is 0. The zero-order valence-corrected chi connectivity index (χ0v) is 11.2. The van der Waals surface area contributed by atoms with E-state index < -0.39 is 0 Å². The fraction of sp³-hybridized carbons (Fsp3) is 0.0909. The number of rotatable bonds is 2. The molecule has 2 rings (SSSR count). The number of hydrogen-bond donors (Lipinski definition) is 1. The van der Waals surface area contributed by atoms with Crippen LogP contribution in [0.5, 0.6) is 5.75 Å². The van der Waals surface area contributed by atoms with E-state index in [1.54, 1.807) is 25.3 Å². The van der Waals surface area contributed by atoms with E-state index in [0.717, 1.165) is 21.8 Å². The number of imide groups is 1. The minimum atomic E-state index is -0.366. The second kappa shape index (κ2) is 4.93. The second-order valence-corrected chi connectivity index (χ2v) is 5.11. The number of carbonyl (C=O) groups excluding carboxylic acids is 2. The third-order valence-corrected chi connectivity index (χ3v) is 3.66. The van der Waals surface area contributed by atoms with E-state index in [1.165, 1.54) is 0 Å². The van der Waals surface area contributed by atoms with Crippen molar-refractivity contribution in [3.8, 4) is 5.75 Å². The first kappa shape index (κ1) is 12.2. The molecule has 0 atom stereocenters. The highest BCUT2D eigenvalue weighted by Crippen LogP contribution is 2.30. The van der Waals surface area contributed by atoms with Crippen molar-refractivity contribution in [2.75, 3.05) is 7.11 Å². The number of benzene rings is 1. The highest BCUT2D eigenvalue weighted by atomic mass is 79.9. The Morgan fingerprint density at radius 1 is 1.41 bits per heavy atom. The Kier molecular flexibility index (Phi) is 3.54. The Balaban J connectivity index is 2.38. The maximum atomic E-state index is 11.4. The smallest absolute Gasteiger partial charge is 0.290 e. The number of methoxy groups -OCH3 is 1. The largest absolute Gasteiger partial charge is 0.497 e. The normalized spacial score (nSPS) is 17.4. The predicted octanol–water partition coefficient (Wildman–Crippen LogP) is 2.78. The third kappa shape index (κ3) is 2.70. The molecule has 88 valence electrons. The SMILES string of the molecule is COc1ccc(Br)c(C=C2SC(=O)NC2=O)c1. The van der Waals surface area contributed by atoms with Gasteiger partial charge in [-0.3, -0.25) is 14.9 Å². The van der Waals surface area contributed by atoms with Gasteiger partial charge in [0.2, 0.25) is 0 Å². The standard InChI is InChI=1S/C11H8BrNO3S/c1-16-7-2-3-8(12)6(4-7)5-9-10(14)13-11(15)17-9/h2-5H,1H3,(H,13,14,15). The Labute approximate surface area is 111 Å². The Hall–Kier alpha value is -1.27. The maximum absolute atomic E-state index is 11.4. The number of ether oxygens (including phenoxy) is 1. The lowest BCUT2D eigenvalue weighted by molar-refractivity contribution is -0.115. The zero-order chi connectivity index (χ0) is 12.4. The van der Waals surface area contributed by atoms with E-state index in [4.69, 9.17) is 4.74 Å². The summed E-state index contributed by atoms with van der Waals surface area (Å²) < 4.78 is 5.93. The minimum absolute atomic E-state index is 0.347. The van der Waals surface area contributed by atoms with Crippen LogP contribution in [-0.4, -0.2) is 18.3 Å². The quantitative estimate of drug-likeness (QED) is 0.853. The molecule has 0 unspecified atom stereocenters. The van der Waals surface area contributed by atoms with Crippen LogP contribution in [0.25, 0.3) is 6.08 Å². The van der Waals surface area contributed by atoms with Crippen molar-refractivity contribution in [3.05, 3.63) is 33.1 Å². The van der Waals surface area contributed by atoms with E-state index in [-0.39, 0.29) is 11.1 Å². The van der Waals surface area contributed by atoms with Crippen LogP contribution in [0.2, 0.25) is 0 Å². The summed E-state index contributed by atoms with van der Waals surface area (Å²) in [4.78, 5) is 22.8. The molecule has 1 heterocycles. The lowest BCUT2D eigenvalue weighted by atomic mass is 10.2. The van der Waals surface area contributed by atoms with Crippen LogP contribution < -0.4 is 10.1 Å². The van der Waals surface area contributed by atoms with Gasteiger partial charge in [-0.15, -0.1) is 0 Å². The summed E-state index contributed by atoms with van der Waals surface area (Å²) in [7, 11) is 1.57. The molecule has 1 aromatic rings. The van der Waals surface area contributed by atoms with Gasteiger partial charge in [-0.1, -0.05) is 15.9 Å². The van der Waals surface area contributed by atoms with E-state index in [0.29, 0.717) is 10.7 Å². The van der Waals surface area contributed by atoms with Crippen molar-refractivity contribution in [2.45, 2.75) is 0 Å². The van der Waals surface area contributed by atoms with Gasteiger partial charge in [-0.05, 0) is 41.6 Å². The fourth-order valence-corrected chi connectivity index (χ4v) is 2.36. The first-order valence-corrected chi connectivity index (χ1v) is 6.29. The highest BCUT2D eigenvalue weighted by Gasteiger charge is 2.25. The van der Waals surface area contributed by atoms with Crippen LogP contribution in [0.1, 0.15) is 5.56 Å². The van der Waals surface area contributed by atoms with Crippen molar-refractivity contribution in [1.29, 1.82) is 0 Å². The van der Waals surface area contributed by atoms with Crippen molar-refractivity contribution < 1.29 is 14.3 Å². The average molecular weight is 314 g/mol. The van der Waals surface area contributed by atoms with Crippen LogP contribution in [0.4, 0.5) is 4.79 Å². The van der Waals surface area contributed by atoms with Gasteiger partial charge in [0.15, 0.2) is 0 Å². The van der Waals surface area contributed by atoms with E-state index >= 15 is 0 Å². The molecule has 1 aromatic carbocycles. The first-order chi connectivity index (χ1) is 8.10. The molecule has 1 saturated heterocycles. The van der Waals surface area contributed by atoms with E-state index in [9.17, 15) is 9.59 Å². The molecular formula is C11H8BrNO3S. The lowest BCUT2D eigenvalue weighted by Gasteiger charge is -2.03. The molecule has 0 aromatic heterocycles. The topological polar surface area (TPSA) is 55.4 Å². The molecule has 0 aliphatic carbocycles. The zero-order valence-electron chi connectivity index (χ0n) is 8.82. The van der Waals surface area contributed by atoms with Crippen molar-refractivity contribution in [2.24, 2.45) is 0 Å². The summed E-state index contributed by atoms with van der Waals surface area (Å²) >= 11 is 4.27. The molecule has 2 amide bonds. The average Bonchev–Trinajstić information content (AvgIpc) is 2.60. The van der Waals surface area contributed by atoms with Crippen molar-refractivity contribution in [1.82, 2.24) is 5.32 Å². The van der Waals surface area contributed by atoms with Gasteiger partial charge in [-0.2, -0.15) is 0 Å². The molecule has 0 bridgehead atoms. The number of thioether (sulfide) groups is 1. The fourth-order valence-electron chi connectivity index (χ4n) is 1.32. The van der Waals surface area contributed by atoms with Crippen molar-refractivity contribution in [3.63, 3.8) is 0 Å². The Bertz CT molecular complexity index is 527. The number of halogens is 1. The van der Waals surface area contributed by atoms with Crippen LogP contribution >= 0.6 is 27.7 Å². The summed E-state index contributed by atoms with van der Waals surface area (Å²) in [5.41, 5.74) is 0.789. The Morgan fingerprint density at radius 3 is 2.76 bits per heavy atom. The second-order valence-electron chi connectivity index (χ2n) is 3.24. The van der Waals surface area contributed by atoms with Crippen LogP contribution in [0, 0.1) is 0 Å². The molecular weight excluding hydrogens is 306 g/mol. The number of nitrogens with one attached hydrogen (secondary N) is 1. The molecule has 0 spiro atoms. The molecule has 0 saturated carbocycles. The van der Waals surface area contributed by atoms with Gasteiger partial charge < -0.3 is 4.74 Å². The van der Waals surface area contributed by atoms with Crippen LogP contribution in [-0.2, 0) is 4.79 Å². The van der Waals surface area contributed by atoms with Crippen LogP contribution in [0.15, 0.2) is 27.6 Å². The van der Waals surface area contributed by atoms with Gasteiger partial charge in [0.05, 0.1) is 12.0 Å². The van der Waals surface area contributed by atoms with Gasteiger partial charge in [0.1, 0.15) is 5.75 Å². The van der Waals surface area contributed by atoms with Crippen LogP contribution in [0.3, 0.4) is 0 Å².